The Kier molecular flexibility index (Phi) is 2.14. The molecule has 3 heteroatoms. The van der Waals surface area contributed by atoms with Gasteiger partial charge in [0.15, 0.2) is 0 Å². The molecule has 57 valence electrons. The molecule has 3 nitrogen and oxygen atoms in total. The predicted molar refractivity (Wildman–Crippen MR) is 36.7 cm³/mol. The van der Waals surface area contributed by atoms with Gasteiger partial charge in [-0.25, -0.2) is 10.1 Å². The molecule has 0 saturated carbocycles. The van der Waals surface area contributed by atoms with E-state index in [4.69, 9.17) is 0 Å². The second-order valence-electron chi connectivity index (χ2n) is 2.99. The molecule has 1 saturated heterocycles. The zero-order chi connectivity index (χ0) is 7.56. The Morgan fingerprint density at radius 2 is 2.50 bits per heavy atom. The van der Waals surface area contributed by atoms with Crippen LogP contribution < -0.4 is 5.32 Å². The average molecular weight is 142 g/mol. The number of hydrogen-bond acceptors (Lipinski definition) is 2. The monoisotopic (exact) mass is 142 g/mol. The first-order valence-corrected chi connectivity index (χ1v) is 3.56. The second kappa shape index (κ2) is 2.90. The fourth-order valence-electron chi connectivity index (χ4n) is 1.06. The van der Waals surface area contributed by atoms with Crippen molar-refractivity contribution < 1.29 is 9.53 Å². The van der Waals surface area contributed by atoms with Crippen LogP contribution in [0.4, 0.5) is 4.79 Å². The van der Waals surface area contributed by atoms with E-state index in [0.29, 0.717) is 12.5 Å². The van der Waals surface area contributed by atoms with E-state index < -0.39 is 6.09 Å². The van der Waals surface area contributed by atoms with Gasteiger partial charge < -0.3 is 4.74 Å². The standard InChI is InChI=1S/C7H12NO2/c1-5(2)3-6-4-10-7(9)8-6/h5-6H,3-4H2,1-2H3. The summed E-state index contributed by atoms with van der Waals surface area (Å²) in [7, 11) is 0. The summed E-state index contributed by atoms with van der Waals surface area (Å²) in [5, 5.41) is 3.77. The SMILES string of the molecule is CC(C)CC1COC(=O)[N]1. The minimum atomic E-state index is -0.398. The highest BCUT2D eigenvalue weighted by atomic mass is 16.6. The summed E-state index contributed by atoms with van der Waals surface area (Å²) in [5.41, 5.74) is 0. The third kappa shape index (κ3) is 1.90. The maximum Gasteiger partial charge on any atom is 0.429 e. The molecule has 0 aromatic carbocycles. The predicted octanol–water partition coefficient (Wildman–Crippen LogP) is 1.16. The van der Waals surface area contributed by atoms with Crippen molar-refractivity contribution in [2.75, 3.05) is 6.61 Å². The van der Waals surface area contributed by atoms with Gasteiger partial charge in [-0.05, 0) is 12.3 Å². The molecule has 1 radical (unpaired) electrons. The van der Waals surface area contributed by atoms with E-state index in [-0.39, 0.29) is 6.04 Å². The van der Waals surface area contributed by atoms with Crippen LogP contribution in [0.25, 0.3) is 0 Å². The number of hydrogen-bond donors (Lipinski definition) is 0. The first-order chi connectivity index (χ1) is 4.68. The zero-order valence-electron chi connectivity index (χ0n) is 6.33. The van der Waals surface area contributed by atoms with Crippen LogP contribution in [0, 0.1) is 5.92 Å². The van der Waals surface area contributed by atoms with E-state index in [2.05, 4.69) is 23.9 Å². The molecule has 0 spiro atoms. The van der Waals surface area contributed by atoms with Crippen LogP contribution in [0.1, 0.15) is 20.3 Å². The number of ether oxygens (including phenoxy) is 1. The second-order valence-corrected chi connectivity index (χ2v) is 2.99. The van der Waals surface area contributed by atoms with Crippen molar-refractivity contribution >= 4 is 6.09 Å². The van der Waals surface area contributed by atoms with E-state index in [1.807, 2.05) is 0 Å². The molecule has 0 N–H and O–H groups in total. The third-order valence-corrected chi connectivity index (χ3v) is 1.43. The molecule has 0 aliphatic carbocycles. The van der Waals surface area contributed by atoms with Crippen LogP contribution in [0.5, 0.6) is 0 Å². The van der Waals surface area contributed by atoms with Crippen molar-refractivity contribution in [1.82, 2.24) is 5.32 Å². The van der Waals surface area contributed by atoms with Gasteiger partial charge in [-0.3, -0.25) is 0 Å². The smallest absolute Gasteiger partial charge is 0.429 e. The highest BCUT2D eigenvalue weighted by molar-refractivity contribution is 5.69. The van der Waals surface area contributed by atoms with Gasteiger partial charge in [0.1, 0.15) is 6.61 Å². The Hall–Kier alpha value is -0.730. The molecule has 1 rings (SSSR count). The van der Waals surface area contributed by atoms with E-state index in [0.717, 1.165) is 6.42 Å². The van der Waals surface area contributed by atoms with Gasteiger partial charge >= 0.3 is 6.09 Å². The van der Waals surface area contributed by atoms with Gasteiger partial charge in [0.2, 0.25) is 0 Å². The van der Waals surface area contributed by atoms with E-state index >= 15 is 0 Å². The van der Waals surface area contributed by atoms with Crippen molar-refractivity contribution in [3.63, 3.8) is 0 Å². The van der Waals surface area contributed by atoms with Crippen molar-refractivity contribution in [3.05, 3.63) is 0 Å². The van der Waals surface area contributed by atoms with Gasteiger partial charge in [-0.15, -0.1) is 0 Å². The number of nitrogens with zero attached hydrogens (tertiary/aromatic N) is 1. The van der Waals surface area contributed by atoms with Gasteiger partial charge in [0, 0.05) is 0 Å². The lowest BCUT2D eigenvalue weighted by molar-refractivity contribution is 0.176. The maximum atomic E-state index is 10.4. The largest absolute Gasteiger partial charge is 0.446 e. The molecule has 0 bridgehead atoms. The lowest BCUT2D eigenvalue weighted by Gasteiger charge is -2.06. The van der Waals surface area contributed by atoms with E-state index in [1.54, 1.807) is 0 Å². The van der Waals surface area contributed by atoms with E-state index in [1.165, 1.54) is 0 Å². The summed E-state index contributed by atoms with van der Waals surface area (Å²) in [4.78, 5) is 10.4. The lowest BCUT2D eigenvalue weighted by atomic mass is 10.1. The Balaban J connectivity index is 2.24. The minimum absolute atomic E-state index is 0.118. The third-order valence-electron chi connectivity index (χ3n) is 1.43. The lowest BCUT2D eigenvalue weighted by Crippen LogP contribution is -2.20. The Bertz CT molecular complexity index is 134. The van der Waals surface area contributed by atoms with Crippen LogP contribution >= 0.6 is 0 Å². The summed E-state index contributed by atoms with van der Waals surface area (Å²) in [5.74, 6) is 0.586. The van der Waals surface area contributed by atoms with Crippen LogP contribution in [-0.4, -0.2) is 18.7 Å². The number of cyclic esters (lactones) is 1. The van der Waals surface area contributed by atoms with Gasteiger partial charge in [-0.2, -0.15) is 0 Å². The summed E-state index contributed by atoms with van der Waals surface area (Å²) in [6, 6.07) is 0.118. The first kappa shape index (κ1) is 7.38. The Morgan fingerprint density at radius 3 is 2.90 bits per heavy atom. The highest BCUT2D eigenvalue weighted by Crippen LogP contribution is 2.10. The Labute approximate surface area is 60.7 Å². The van der Waals surface area contributed by atoms with Crippen LogP contribution in [0.15, 0.2) is 0 Å². The molecule has 1 heterocycles. The molecule has 1 fully saturated rings. The number of rotatable bonds is 2. The normalized spacial score (nSPS) is 24.7. The fraction of sp³-hybridized carbons (Fsp3) is 0.857. The van der Waals surface area contributed by atoms with Crippen LogP contribution in [0.3, 0.4) is 0 Å². The molecule has 1 aliphatic rings. The number of amides is 1. The van der Waals surface area contributed by atoms with Gasteiger partial charge in [-0.1, -0.05) is 13.8 Å². The van der Waals surface area contributed by atoms with Crippen LogP contribution in [-0.2, 0) is 4.74 Å². The molecule has 10 heavy (non-hydrogen) atoms. The van der Waals surface area contributed by atoms with Gasteiger partial charge in [0.25, 0.3) is 0 Å². The molecule has 1 atom stereocenters. The molecular weight excluding hydrogens is 130 g/mol. The molecule has 1 unspecified atom stereocenters. The molecule has 1 amide bonds. The maximum absolute atomic E-state index is 10.4. The molecule has 1 aliphatic heterocycles. The minimum Gasteiger partial charge on any atom is -0.446 e. The fourth-order valence-corrected chi connectivity index (χ4v) is 1.06. The van der Waals surface area contributed by atoms with Crippen molar-refractivity contribution in [2.45, 2.75) is 26.3 Å². The number of carbonyl (C=O) groups is 1. The quantitative estimate of drug-likeness (QED) is 0.580. The summed E-state index contributed by atoms with van der Waals surface area (Å²) < 4.78 is 4.66. The highest BCUT2D eigenvalue weighted by Gasteiger charge is 2.24. The summed E-state index contributed by atoms with van der Waals surface area (Å²) in [6.45, 7) is 4.70. The zero-order valence-corrected chi connectivity index (χ0v) is 6.33. The molecular formula is C7H12NO2. The van der Waals surface area contributed by atoms with Crippen molar-refractivity contribution in [3.8, 4) is 0 Å². The Morgan fingerprint density at radius 1 is 1.80 bits per heavy atom. The summed E-state index contributed by atoms with van der Waals surface area (Å²) in [6.07, 6.45) is 0.553. The van der Waals surface area contributed by atoms with E-state index in [9.17, 15) is 4.79 Å². The van der Waals surface area contributed by atoms with Crippen molar-refractivity contribution in [1.29, 1.82) is 0 Å². The molecule has 0 aromatic heterocycles. The van der Waals surface area contributed by atoms with Crippen molar-refractivity contribution in [2.24, 2.45) is 5.92 Å². The molecule has 0 aromatic rings. The average Bonchev–Trinajstić information content (AvgIpc) is 2.13. The number of carbonyl (C=O) groups excluding carboxylic acids is 1. The summed E-state index contributed by atoms with van der Waals surface area (Å²) >= 11 is 0. The topological polar surface area (TPSA) is 40.4 Å². The van der Waals surface area contributed by atoms with Gasteiger partial charge in [0.05, 0.1) is 6.04 Å². The first-order valence-electron chi connectivity index (χ1n) is 3.56. The van der Waals surface area contributed by atoms with Crippen LogP contribution in [0.2, 0.25) is 0 Å².